The normalized spacial score (nSPS) is 10.9. The molecule has 0 N–H and O–H groups in total. The summed E-state index contributed by atoms with van der Waals surface area (Å²) in [6.07, 6.45) is 0.772. The molecule has 2 aromatic rings. The van der Waals surface area contributed by atoms with Gasteiger partial charge in [0.2, 0.25) is 0 Å². The molecule has 21 heavy (non-hydrogen) atoms. The summed E-state index contributed by atoms with van der Waals surface area (Å²) in [4.78, 5) is 30.0. The lowest BCUT2D eigenvalue weighted by Crippen LogP contribution is -2.33. The van der Waals surface area contributed by atoms with Crippen molar-refractivity contribution in [2.45, 2.75) is 26.8 Å². The Morgan fingerprint density at radius 1 is 1.33 bits per heavy atom. The van der Waals surface area contributed by atoms with Gasteiger partial charge in [0.05, 0.1) is 7.11 Å². The number of rotatable bonds is 4. The predicted molar refractivity (Wildman–Crippen MR) is 82.3 cm³/mol. The number of pyridine rings is 1. The van der Waals surface area contributed by atoms with Gasteiger partial charge in [0.25, 0.3) is 11.5 Å². The summed E-state index contributed by atoms with van der Waals surface area (Å²) >= 11 is 0. The van der Waals surface area contributed by atoms with Gasteiger partial charge < -0.3 is 4.57 Å². The van der Waals surface area contributed by atoms with Crippen LogP contribution in [-0.4, -0.2) is 29.7 Å². The highest BCUT2D eigenvalue weighted by atomic mass is 16.7. The maximum absolute atomic E-state index is 12.7. The second kappa shape index (κ2) is 6.10. The number of hydrogen-bond donors (Lipinski definition) is 0. The number of nitrogens with zero attached hydrogens (tertiary/aromatic N) is 2. The highest BCUT2D eigenvalue weighted by Crippen LogP contribution is 2.16. The van der Waals surface area contributed by atoms with Gasteiger partial charge in [-0.15, -0.1) is 0 Å². The van der Waals surface area contributed by atoms with Crippen molar-refractivity contribution in [3.63, 3.8) is 0 Å². The lowest BCUT2D eigenvalue weighted by Gasteiger charge is -2.18. The Kier molecular flexibility index (Phi) is 4.43. The number of fused-ring (bicyclic) bond motifs is 1. The largest absolute Gasteiger partial charge is 0.303 e. The summed E-state index contributed by atoms with van der Waals surface area (Å²) in [6.45, 7) is 4.42. The van der Waals surface area contributed by atoms with Gasteiger partial charge in [-0.1, -0.05) is 24.6 Å². The van der Waals surface area contributed by atoms with E-state index in [4.69, 9.17) is 4.84 Å². The van der Waals surface area contributed by atoms with Gasteiger partial charge in [-0.3, -0.25) is 14.4 Å². The van der Waals surface area contributed by atoms with E-state index in [9.17, 15) is 9.59 Å². The zero-order valence-electron chi connectivity index (χ0n) is 12.8. The van der Waals surface area contributed by atoms with Crippen LogP contribution < -0.4 is 5.56 Å². The molecule has 2 rings (SSSR count). The minimum atomic E-state index is -0.328. The van der Waals surface area contributed by atoms with E-state index in [0.29, 0.717) is 17.6 Å². The Labute approximate surface area is 123 Å². The molecular weight excluding hydrogens is 268 g/mol. The molecule has 1 heterocycles. The maximum Gasteiger partial charge on any atom is 0.293 e. The molecule has 0 saturated heterocycles. The SMILES string of the molecule is CCCn1c(C(=O)N(C)OC)cc2ccc(C)cc2c1=O. The number of benzene rings is 1. The Bertz CT molecular complexity index is 734. The monoisotopic (exact) mass is 288 g/mol. The minimum Gasteiger partial charge on any atom is -0.303 e. The second-order valence-electron chi connectivity index (χ2n) is 5.06. The molecule has 112 valence electrons. The first-order chi connectivity index (χ1) is 9.99. The van der Waals surface area contributed by atoms with Crippen LogP contribution in [0.2, 0.25) is 0 Å². The fraction of sp³-hybridized carbons (Fsp3) is 0.375. The third-order valence-corrected chi connectivity index (χ3v) is 3.49. The van der Waals surface area contributed by atoms with Gasteiger partial charge in [-0.2, -0.15) is 0 Å². The van der Waals surface area contributed by atoms with Crippen molar-refractivity contribution in [2.24, 2.45) is 0 Å². The molecule has 0 unspecified atom stereocenters. The molecule has 0 aliphatic heterocycles. The Morgan fingerprint density at radius 2 is 2.05 bits per heavy atom. The van der Waals surface area contributed by atoms with Crippen LogP contribution >= 0.6 is 0 Å². The fourth-order valence-electron chi connectivity index (χ4n) is 2.33. The van der Waals surface area contributed by atoms with Crippen LogP contribution in [0, 0.1) is 6.92 Å². The van der Waals surface area contributed by atoms with Crippen LogP contribution in [0.5, 0.6) is 0 Å². The summed E-state index contributed by atoms with van der Waals surface area (Å²) in [6, 6.07) is 7.41. The molecule has 5 nitrogen and oxygen atoms in total. The van der Waals surface area contributed by atoms with Crippen LogP contribution in [0.25, 0.3) is 10.8 Å². The lowest BCUT2D eigenvalue weighted by molar-refractivity contribution is -0.0763. The van der Waals surface area contributed by atoms with Crippen molar-refractivity contribution in [2.75, 3.05) is 14.2 Å². The van der Waals surface area contributed by atoms with Gasteiger partial charge in [0, 0.05) is 19.0 Å². The molecule has 1 aromatic carbocycles. The molecule has 0 fully saturated rings. The summed E-state index contributed by atoms with van der Waals surface area (Å²) in [5, 5.41) is 2.53. The molecule has 0 aliphatic carbocycles. The average molecular weight is 288 g/mol. The maximum atomic E-state index is 12.7. The van der Waals surface area contributed by atoms with E-state index < -0.39 is 0 Å². The van der Waals surface area contributed by atoms with Crippen LogP contribution in [0.3, 0.4) is 0 Å². The van der Waals surface area contributed by atoms with Crippen molar-refractivity contribution in [3.05, 3.63) is 45.9 Å². The van der Waals surface area contributed by atoms with Crippen molar-refractivity contribution in [1.29, 1.82) is 0 Å². The van der Waals surface area contributed by atoms with Crippen molar-refractivity contribution in [3.8, 4) is 0 Å². The summed E-state index contributed by atoms with van der Waals surface area (Å²) in [5.74, 6) is -0.328. The average Bonchev–Trinajstić information content (AvgIpc) is 2.49. The minimum absolute atomic E-state index is 0.133. The van der Waals surface area contributed by atoms with Gasteiger partial charge in [0.1, 0.15) is 5.69 Å². The number of hydroxylamine groups is 2. The number of hydrogen-bond acceptors (Lipinski definition) is 3. The predicted octanol–water partition coefficient (Wildman–Crippen LogP) is 2.35. The summed E-state index contributed by atoms with van der Waals surface area (Å²) in [5.41, 5.74) is 1.24. The zero-order valence-corrected chi connectivity index (χ0v) is 12.8. The first-order valence-electron chi connectivity index (χ1n) is 6.96. The zero-order chi connectivity index (χ0) is 15.6. The third kappa shape index (κ3) is 2.83. The van der Waals surface area contributed by atoms with Gasteiger partial charge in [-0.25, -0.2) is 5.06 Å². The molecule has 5 heteroatoms. The number of carbonyl (C=O) groups excluding carboxylic acids is 1. The molecule has 0 radical (unpaired) electrons. The van der Waals surface area contributed by atoms with Crippen molar-refractivity contribution in [1.82, 2.24) is 9.63 Å². The Hall–Kier alpha value is -2.14. The molecular formula is C16H20N2O3. The quantitative estimate of drug-likeness (QED) is 0.812. The molecule has 0 bridgehead atoms. The van der Waals surface area contributed by atoms with Gasteiger partial charge in [-0.05, 0) is 30.9 Å². The number of aromatic nitrogens is 1. The van der Waals surface area contributed by atoms with Crippen LogP contribution in [0.4, 0.5) is 0 Å². The van der Waals surface area contributed by atoms with Crippen LogP contribution in [0.15, 0.2) is 29.1 Å². The number of carbonyl (C=O) groups is 1. The number of amides is 1. The molecule has 0 aliphatic rings. The Balaban J connectivity index is 2.74. The topological polar surface area (TPSA) is 51.5 Å². The first-order valence-corrected chi connectivity index (χ1v) is 6.96. The third-order valence-electron chi connectivity index (χ3n) is 3.49. The van der Waals surface area contributed by atoms with Crippen LogP contribution in [-0.2, 0) is 11.4 Å². The van der Waals surface area contributed by atoms with E-state index in [-0.39, 0.29) is 11.5 Å². The smallest absolute Gasteiger partial charge is 0.293 e. The molecule has 0 spiro atoms. The van der Waals surface area contributed by atoms with E-state index >= 15 is 0 Å². The van der Waals surface area contributed by atoms with E-state index in [1.807, 2.05) is 32.0 Å². The van der Waals surface area contributed by atoms with E-state index in [0.717, 1.165) is 22.4 Å². The molecule has 0 atom stereocenters. The molecule has 0 saturated carbocycles. The fourth-order valence-corrected chi connectivity index (χ4v) is 2.33. The number of aryl methyl sites for hydroxylation is 1. The van der Waals surface area contributed by atoms with Gasteiger partial charge in [0.15, 0.2) is 0 Å². The molecule has 1 amide bonds. The highest BCUT2D eigenvalue weighted by molar-refractivity contribution is 5.96. The van der Waals surface area contributed by atoms with Crippen LogP contribution in [0.1, 0.15) is 29.4 Å². The van der Waals surface area contributed by atoms with E-state index in [2.05, 4.69) is 0 Å². The molecule has 1 aromatic heterocycles. The van der Waals surface area contributed by atoms with E-state index in [1.165, 1.54) is 18.7 Å². The van der Waals surface area contributed by atoms with E-state index in [1.54, 1.807) is 6.07 Å². The standard InChI is InChI=1S/C16H20N2O3/c1-5-8-18-14(16(20)17(3)21-4)10-12-7-6-11(2)9-13(12)15(18)19/h6-7,9-10H,5,8H2,1-4H3. The van der Waals surface area contributed by atoms with Gasteiger partial charge >= 0.3 is 0 Å². The van der Waals surface area contributed by atoms with Crippen molar-refractivity contribution >= 4 is 16.7 Å². The Morgan fingerprint density at radius 3 is 2.67 bits per heavy atom. The summed E-state index contributed by atoms with van der Waals surface area (Å²) < 4.78 is 1.53. The van der Waals surface area contributed by atoms with Crippen molar-refractivity contribution < 1.29 is 9.63 Å². The highest BCUT2D eigenvalue weighted by Gasteiger charge is 2.18. The first kappa shape index (κ1) is 15.3. The lowest BCUT2D eigenvalue weighted by atomic mass is 10.1. The second-order valence-corrected chi connectivity index (χ2v) is 5.06. The summed E-state index contributed by atoms with van der Waals surface area (Å²) in [7, 11) is 2.95.